The van der Waals surface area contributed by atoms with Crippen LogP contribution in [-0.2, 0) is 14.8 Å². The maximum Gasteiger partial charge on any atom is 0.242 e. The second-order valence-corrected chi connectivity index (χ2v) is 6.79. The van der Waals surface area contributed by atoms with Crippen molar-refractivity contribution in [3.63, 3.8) is 0 Å². The van der Waals surface area contributed by atoms with Gasteiger partial charge in [0, 0.05) is 25.9 Å². The lowest BCUT2D eigenvalue weighted by Gasteiger charge is -2.11. The summed E-state index contributed by atoms with van der Waals surface area (Å²) in [5, 5.41) is 3.25. The van der Waals surface area contributed by atoms with E-state index < -0.39 is 10.0 Å². The van der Waals surface area contributed by atoms with Gasteiger partial charge in [-0.05, 0) is 25.3 Å². The average molecular weight is 320 g/mol. The highest BCUT2D eigenvalue weighted by Crippen LogP contribution is 2.22. The molecule has 0 aromatic carbocycles. The van der Waals surface area contributed by atoms with E-state index in [9.17, 15) is 8.42 Å². The molecule has 0 unspecified atom stereocenters. The van der Waals surface area contributed by atoms with Crippen LogP contribution in [0.4, 0.5) is 5.82 Å². The lowest BCUT2D eigenvalue weighted by molar-refractivity contribution is 0.186. The zero-order valence-electron chi connectivity index (χ0n) is 11.2. The first kappa shape index (κ1) is 15.5. The van der Waals surface area contributed by atoms with Crippen LogP contribution in [0.15, 0.2) is 17.2 Å². The smallest absolute Gasteiger partial charge is 0.242 e. The minimum absolute atomic E-state index is 0.0723. The molecule has 0 saturated carbocycles. The van der Waals surface area contributed by atoms with E-state index in [1.165, 1.54) is 12.3 Å². The first-order valence-electron chi connectivity index (χ1n) is 6.49. The quantitative estimate of drug-likeness (QED) is 0.830. The van der Waals surface area contributed by atoms with Gasteiger partial charge in [-0.1, -0.05) is 11.6 Å². The molecule has 8 heteroatoms. The number of ether oxygens (including phenoxy) is 1. The Balaban J connectivity index is 2.06. The van der Waals surface area contributed by atoms with Gasteiger partial charge in [0.2, 0.25) is 10.0 Å². The molecular weight excluding hydrogens is 302 g/mol. The molecule has 1 aliphatic heterocycles. The molecule has 0 aliphatic carbocycles. The van der Waals surface area contributed by atoms with Gasteiger partial charge in [0.25, 0.3) is 0 Å². The second kappa shape index (κ2) is 6.71. The average Bonchev–Trinajstić information content (AvgIpc) is 2.92. The first-order valence-corrected chi connectivity index (χ1v) is 8.36. The van der Waals surface area contributed by atoms with E-state index in [2.05, 4.69) is 15.0 Å². The molecule has 112 valence electrons. The number of hydrogen-bond donors (Lipinski definition) is 2. The van der Waals surface area contributed by atoms with Crippen molar-refractivity contribution < 1.29 is 13.2 Å². The highest BCUT2D eigenvalue weighted by molar-refractivity contribution is 7.89. The standard InChI is InChI=1S/C12H18ClN3O3S/c1-2-14-12-11(13)5-10(7-15-12)20(17,18)16-6-9-3-4-19-8-9/h5,7,9,16H,2-4,6,8H2,1H3,(H,14,15)/t9-/m1/s1. The van der Waals surface area contributed by atoms with Crippen LogP contribution in [0, 0.1) is 5.92 Å². The molecule has 20 heavy (non-hydrogen) atoms. The maximum atomic E-state index is 12.1. The minimum atomic E-state index is -3.58. The highest BCUT2D eigenvalue weighted by Gasteiger charge is 2.21. The predicted molar refractivity (Wildman–Crippen MR) is 77.5 cm³/mol. The van der Waals surface area contributed by atoms with Crippen LogP contribution in [0.3, 0.4) is 0 Å². The molecule has 6 nitrogen and oxygen atoms in total. The Morgan fingerprint density at radius 2 is 2.35 bits per heavy atom. The van der Waals surface area contributed by atoms with Crippen molar-refractivity contribution in [2.45, 2.75) is 18.2 Å². The topological polar surface area (TPSA) is 80.3 Å². The Labute approximate surface area is 123 Å². The van der Waals surface area contributed by atoms with Gasteiger partial charge in [0.15, 0.2) is 0 Å². The summed E-state index contributed by atoms with van der Waals surface area (Å²) in [4.78, 5) is 4.10. The van der Waals surface area contributed by atoms with Gasteiger partial charge in [0.1, 0.15) is 10.7 Å². The largest absolute Gasteiger partial charge is 0.381 e. The van der Waals surface area contributed by atoms with Crippen LogP contribution >= 0.6 is 11.6 Å². The van der Waals surface area contributed by atoms with Gasteiger partial charge in [-0.15, -0.1) is 0 Å². The van der Waals surface area contributed by atoms with Crippen molar-refractivity contribution in [1.82, 2.24) is 9.71 Å². The number of rotatable bonds is 6. The fourth-order valence-corrected chi connectivity index (χ4v) is 3.30. The van der Waals surface area contributed by atoms with Crippen LogP contribution in [0.1, 0.15) is 13.3 Å². The van der Waals surface area contributed by atoms with E-state index in [0.717, 1.165) is 6.42 Å². The van der Waals surface area contributed by atoms with Crippen molar-refractivity contribution in [2.24, 2.45) is 5.92 Å². The normalized spacial score (nSPS) is 19.2. The Morgan fingerprint density at radius 1 is 1.55 bits per heavy atom. The van der Waals surface area contributed by atoms with E-state index in [-0.39, 0.29) is 10.8 Å². The Kier molecular flexibility index (Phi) is 5.20. The predicted octanol–water partition coefficient (Wildman–Crippen LogP) is 1.48. The molecule has 0 bridgehead atoms. The van der Waals surface area contributed by atoms with Crippen molar-refractivity contribution in [3.8, 4) is 0 Å². The highest BCUT2D eigenvalue weighted by atomic mass is 35.5. The lowest BCUT2D eigenvalue weighted by atomic mass is 10.1. The number of hydrogen-bond acceptors (Lipinski definition) is 5. The molecular formula is C12H18ClN3O3S. The summed E-state index contributed by atoms with van der Waals surface area (Å²) >= 11 is 6.00. The Hall–Kier alpha value is -0.890. The summed E-state index contributed by atoms with van der Waals surface area (Å²) < 4.78 is 32.1. The molecule has 2 rings (SSSR count). The lowest BCUT2D eigenvalue weighted by Crippen LogP contribution is -2.29. The van der Waals surface area contributed by atoms with Crippen molar-refractivity contribution in [3.05, 3.63) is 17.3 Å². The molecule has 0 amide bonds. The zero-order valence-corrected chi connectivity index (χ0v) is 12.8. The summed E-state index contributed by atoms with van der Waals surface area (Å²) in [6, 6.07) is 1.40. The van der Waals surface area contributed by atoms with Gasteiger partial charge in [-0.25, -0.2) is 18.1 Å². The first-order chi connectivity index (χ1) is 9.53. The number of aromatic nitrogens is 1. The number of anilines is 1. The number of nitrogens with zero attached hydrogens (tertiary/aromatic N) is 1. The van der Waals surface area contributed by atoms with Crippen LogP contribution < -0.4 is 10.0 Å². The van der Waals surface area contributed by atoms with Gasteiger partial charge < -0.3 is 10.1 Å². The van der Waals surface area contributed by atoms with Gasteiger partial charge in [-0.2, -0.15) is 0 Å². The monoisotopic (exact) mass is 319 g/mol. The van der Waals surface area contributed by atoms with E-state index in [0.29, 0.717) is 37.1 Å². The summed E-state index contributed by atoms with van der Waals surface area (Å²) in [6.07, 6.45) is 2.18. The summed E-state index contributed by atoms with van der Waals surface area (Å²) in [6.45, 7) is 4.24. The fraction of sp³-hybridized carbons (Fsp3) is 0.583. The number of sulfonamides is 1. The third-order valence-electron chi connectivity index (χ3n) is 3.06. The molecule has 1 aromatic heterocycles. The number of pyridine rings is 1. The van der Waals surface area contributed by atoms with Gasteiger partial charge in [-0.3, -0.25) is 0 Å². The van der Waals surface area contributed by atoms with Crippen LogP contribution in [0.2, 0.25) is 5.02 Å². The number of nitrogens with one attached hydrogen (secondary N) is 2. The van der Waals surface area contributed by atoms with E-state index >= 15 is 0 Å². The molecule has 0 spiro atoms. The molecule has 1 fully saturated rings. The van der Waals surface area contributed by atoms with E-state index in [4.69, 9.17) is 16.3 Å². The molecule has 1 atom stereocenters. The van der Waals surface area contributed by atoms with E-state index in [1.807, 2.05) is 6.92 Å². The molecule has 1 saturated heterocycles. The van der Waals surface area contributed by atoms with Gasteiger partial charge >= 0.3 is 0 Å². The van der Waals surface area contributed by atoms with E-state index in [1.54, 1.807) is 0 Å². The summed E-state index contributed by atoms with van der Waals surface area (Å²) in [5.74, 6) is 0.714. The minimum Gasteiger partial charge on any atom is -0.381 e. The van der Waals surface area contributed by atoms with Crippen LogP contribution in [0.5, 0.6) is 0 Å². The second-order valence-electron chi connectivity index (χ2n) is 4.61. The summed E-state index contributed by atoms with van der Waals surface area (Å²) in [7, 11) is -3.58. The molecule has 1 aromatic rings. The van der Waals surface area contributed by atoms with Crippen molar-refractivity contribution in [1.29, 1.82) is 0 Å². The van der Waals surface area contributed by atoms with Crippen LogP contribution in [0.25, 0.3) is 0 Å². The molecule has 1 aliphatic rings. The van der Waals surface area contributed by atoms with Gasteiger partial charge in [0.05, 0.1) is 11.6 Å². The summed E-state index contributed by atoms with van der Waals surface area (Å²) in [5.41, 5.74) is 0. The molecule has 0 radical (unpaired) electrons. The zero-order chi connectivity index (χ0) is 14.6. The van der Waals surface area contributed by atoms with Crippen molar-refractivity contribution in [2.75, 3.05) is 31.6 Å². The fourth-order valence-electron chi connectivity index (χ4n) is 1.92. The SMILES string of the molecule is CCNc1ncc(S(=O)(=O)NC[C@H]2CCOC2)cc1Cl. The third-order valence-corrected chi connectivity index (χ3v) is 4.74. The Bertz CT molecular complexity index is 559. The maximum absolute atomic E-state index is 12.1. The Morgan fingerprint density at radius 3 is 2.95 bits per heavy atom. The molecule has 2 heterocycles. The molecule has 2 N–H and O–H groups in total. The van der Waals surface area contributed by atoms with Crippen molar-refractivity contribution >= 4 is 27.4 Å². The third kappa shape index (κ3) is 3.82. The number of halogens is 1. The van der Waals surface area contributed by atoms with Crippen LogP contribution in [-0.4, -0.2) is 39.7 Å².